The lowest BCUT2D eigenvalue weighted by Crippen LogP contribution is -2.47. The standard InChI is InChI=1S/C12H13F5N2.2ClH/c13-7-5-8(10(15)9(14)6-7)11(12(16)17)19-3-1-18-2-4-19;;/h5-6,11-12,18H,1-4H2;2*1H/t11-;;/m1../s1. The molecular weight excluding hydrogens is 338 g/mol. The highest BCUT2D eigenvalue weighted by Crippen LogP contribution is 2.31. The summed E-state index contributed by atoms with van der Waals surface area (Å²) >= 11 is 0. The lowest BCUT2D eigenvalue weighted by Gasteiger charge is -2.34. The van der Waals surface area contributed by atoms with Gasteiger partial charge in [0.2, 0.25) is 0 Å². The van der Waals surface area contributed by atoms with E-state index < -0.39 is 35.5 Å². The van der Waals surface area contributed by atoms with Crippen molar-refractivity contribution in [3.05, 3.63) is 35.1 Å². The number of nitrogens with zero attached hydrogens (tertiary/aromatic N) is 1. The second-order valence-electron chi connectivity index (χ2n) is 4.36. The molecule has 1 aromatic rings. The molecule has 0 aliphatic carbocycles. The van der Waals surface area contributed by atoms with Gasteiger partial charge in [0.05, 0.1) is 6.04 Å². The van der Waals surface area contributed by atoms with Crippen LogP contribution in [0, 0.1) is 17.5 Å². The predicted molar refractivity (Wildman–Crippen MR) is 74.0 cm³/mol. The minimum atomic E-state index is -2.92. The summed E-state index contributed by atoms with van der Waals surface area (Å²) in [6, 6.07) is -0.650. The van der Waals surface area contributed by atoms with Crippen LogP contribution in [-0.4, -0.2) is 37.5 Å². The van der Waals surface area contributed by atoms with Crippen molar-refractivity contribution in [2.45, 2.75) is 12.5 Å². The predicted octanol–water partition coefficient (Wildman–Crippen LogP) is 3.16. The van der Waals surface area contributed by atoms with Crippen molar-refractivity contribution >= 4 is 24.8 Å². The van der Waals surface area contributed by atoms with Crippen molar-refractivity contribution in [3.8, 4) is 0 Å². The van der Waals surface area contributed by atoms with E-state index in [-0.39, 0.29) is 37.9 Å². The van der Waals surface area contributed by atoms with E-state index in [1.165, 1.54) is 4.90 Å². The fourth-order valence-corrected chi connectivity index (χ4v) is 2.24. The van der Waals surface area contributed by atoms with Crippen LogP contribution in [0.4, 0.5) is 22.0 Å². The van der Waals surface area contributed by atoms with Crippen LogP contribution in [0.5, 0.6) is 0 Å². The summed E-state index contributed by atoms with van der Waals surface area (Å²) < 4.78 is 66.2. The molecule has 2 rings (SSSR count). The van der Waals surface area contributed by atoms with E-state index in [0.29, 0.717) is 25.2 Å². The van der Waals surface area contributed by atoms with Gasteiger partial charge in [-0.05, 0) is 6.07 Å². The molecule has 0 amide bonds. The zero-order valence-corrected chi connectivity index (χ0v) is 12.4. The third kappa shape index (κ3) is 4.67. The van der Waals surface area contributed by atoms with Gasteiger partial charge in [0.25, 0.3) is 6.43 Å². The van der Waals surface area contributed by atoms with E-state index >= 15 is 0 Å². The van der Waals surface area contributed by atoms with Crippen molar-refractivity contribution in [2.75, 3.05) is 26.2 Å². The van der Waals surface area contributed by atoms with Crippen molar-refractivity contribution in [1.82, 2.24) is 10.2 Å². The molecule has 0 saturated carbocycles. The quantitative estimate of drug-likeness (QED) is 0.664. The normalized spacial score (nSPS) is 17.0. The third-order valence-corrected chi connectivity index (χ3v) is 3.12. The molecule has 1 saturated heterocycles. The van der Waals surface area contributed by atoms with Crippen LogP contribution >= 0.6 is 24.8 Å². The highest BCUT2D eigenvalue weighted by Gasteiger charge is 2.33. The minimum absolute atomic E-state index is 0. The van der Waals surface area contributed by atoms with Gasteiger partial charge < -0.3 is 5.32 Å². The third-order valence-electron chi connectivity index (χ3n) is 3.12. The van der Waals surface area contributed by atoms with Crippen molar-refractivity contribution < 1.29 is 22.0 Å². The fraction of sp³-hybridized carbons (Fsp3) is 0.500. The molecular formula is C12H15Cl2F5N2. The van der Waals surface area contributed by atoms with Crippen LogP contribution in [-0.2, 0) is 0 Å². The van der Waals surface area contributed by atoms with Gasteiger partial charge in [-0.2, -0.15) is 0 Å². The number of rotatable bonds is 3. The number of halogens is 7. The maximum Gasteiger partial charge on any atom is 0.258 e. The summed E-state index contributed by atoms with van der Waals surface area (Å²) in [5, 5.41) is 2.97. The molecule has 0 bridgehead atoms. The topological polar surface area (TPSA) is 15.3 Å². The van der Waals surface area contributed by atoms with Gasteiger partial charge in [0, 0.05) is 37.8 Å². The molecule has 2 nitrogen and oxygen atoms in total. The molecule has 0 spiro atoms. The van der Waals surface area contributed by atoms with Crippen molar-refractivity contribution in [1.29, 1.82) is 0 Å². The first kappa shape index (κ1) is 20.4. The lowest BCUT2D eigenvalue weighted by atomic mass is 10.0. The summed E-state index contributed by atoms with van der Waals surface area (Å²) in [6.07, 6.45) is -2.92. The van der Waals surface area contributed by atoms with Gasteiger partial charge in [-0.1, -0.05) is 0 Å². The van der Waals surface area contributed by atoms with E-state index in [2.05, 4.69) is 5.32 Å². The van der Waals surface area contributed by atoms with E-state index in [9.17, 15) is 22.0 Å². The Hall–Kier alpha value is -0.630. The van der Waals surface area contributed by atoms with E-state index in [4.69, 9.17) is 0 Å². The van der Waals surface area contributed by atoms with E-state index in [1.807, 2.05) is 0 Å². The van der Waals surface area contributed by atoms with Crippen molar-refractivity contribution in [2.24, 2.45) is 0 Å². The van der Waals surface area contributed by atoms with Crippen molar-refractivity contribution in [3.63, 3.8) is 0 Å². The SMILES string of the molecule is Cl.Cl.Fc1cc(F)c(F)c([C@H](C(F)F)N2CCNCC2)c1. The number of hydrogen-bond donors (Lipinski definition) is 1. The monoisotopic (exact) mass is 352 g/mol. The Labute approximate surface area is 131 Å². The lowest BCUT2D eigenvalue weighted by molar-refractivity contribution is 0.0159. The van der Waals surface area contributed by atoms with Crippen LogP contribution in [0.15, 0.2) is 12.1 Å². The maximum atomic E-state index is 13.6. The number of nitrogens with one attached hydrogen (secondary N) is 1. The van der Waals surface area contributed by atoms with Gasteiger partial charge in [0.1, 0.15) is 5.82 Å². The Balaban J connectivity index is 0.00000200. The van der Waals surface area contributed by atoms with Gasteiger partial charge in [-0.15, -0.1) is 24.8 Å². The summed E-state index contributed by atoms with van der Waals surface area (Å²) in [6.45, 7) is 1.49. The largest absolute Gasteiger partial charge is 0.314 e. The molecule has 1 heterocycles. The summed E-state index contributed by atoms with van der Waals surface area (Å²) in [5.74, 6) is -3.92. The van der Waals surface area contributed by atoms with Crippen LogP contribution in [0.1, 0.15) is 11.6 Å². The molecule has 1 aliphatic heterocycles. The van der Waals surface area contributed by atoms with E-state index in [0.717, 1.165) is 0 Å². The van der Waals surface area contributed by atoms with Gasteiger partial charge >= 0.3 is 0 Å². The molecule has 1 N–H and O–H groups in total. The first-order chi connectivity index (χ1) is 9.00. The molecule has 9 heteroatoms. The van der Waals surface area contributed by atoms with Crippen LogP contribution < -0.4 is 5.32 Å². The molecule has 21 heavy (non-hydrogen) atoms. The Morgan fingerprint density at radius 3 is 2.10 bits per heavy atom. The number of hydrogen-bond acceptors (Lipinski definition) is 2. The summed E-state index contributed by atoms with van der Waals surface area (Å²) in [4.78, 5) is 1.33. The highest BCUT2D eigenvalue weighted by atomic mass is 35.5. The minimum Gasteiger partial charge on any atom is -0.314 e. The second kappa shape index (κ2) is 8.73. The first-order valence-corrected chi connectivity index (χ1v) is 5.88. The molecule has 1 aliphatic rings. The summed E-state index contributed by atoms with van der Waals surface area (Å²) in [7, 11) is 0. The molecule has 1 aromatic carbocycles. The fourth-order valence-electron chi connectivity index (χ4n) is 2.24. The average Bonchev–Trinajstić information content (AvgIpc) is 2.36. The Kier molecular flexibility index (Phi) is 8.46. The number of piperazine rings is 1. The average molecular weight is 353 g/mol. The Morgan fingerprint density at radius 1 is 1.00 bits per heavy atom. The Bertz CT molecular complexity index is 456. The van der Waals surface area contributed by atoms with Crippen LogP contribution in [0.25, 0.3) is 0 Å². The van der Waals surface area contributed by atoms with Crippen LogP contribution in [0.3, 0.4) is 0 Å². The second-order valence-corrected chi connectivity index (χ2v) is 4.36. The van der Waals surface area contributed by atoms with Crippen LogP contribution in [0.2, 0.25) is 0 Å². The number of benzene rings is 1. The smallest absolute Gasteiger partial charge is 0.258 e. The molecule has 0 unspecified atom stereocenters. The highest BCUT2D eigenvalue weighted by molar-refractivity contribution is 5.85. The Morgan fingerprint density at radius 2 is 1.57 bits per heavy atom. The molecule has 1 fully saturated rings. The van der Waals surface area contributed by atoms with E-state index in [1.54, 1.807) is 0 Å². The van der Waals surface area contributed by atoms with Gasteiger partial charge in [0.15, 0.2) is 11.6 Å². The molecule has 0 radical (unpaired) electrons. The molecule has 0 aromatic heterocycles. The molecule has 1 atom stereocenters. The molecule has 122 valence electrons. The van der Waals surface area contributed by atoms with Gasteiger partial charge in [-0.25, -0.2) is 22.0 Å². The zero-order valence-electron chi connectivity index (χ0n) is 10.8. The number of alkyl halides is 2. The summed E-state index contributed by atoms with van der Waals surface area (Å²) in [5.41, 5.74) is -0.630. The maximum absolute atomic E-state index is 13.6. The van der Waals surface area contributed by atoms with Gasteiger partial charge in [-0.3, -0.25) is 4.90 Å². The zero-order chi connectivity index (χ0) is 14.0. The first-order valence-electron chi connectivity index (χ1n) is 5.88.